The van der Waals surface area contributed by atoms with Crippen molar-refractivity contribution in [1.82, 2.24) is 25.1 Å². The zero-order valence-corrected chi connectivity index (χ0v) is 20.2. The molecule has 0 aliphatic carbocycles. The highest BCUT2D eigenvalue weighted by atomic mass is 32.2. The third-order valence-corrected chi connectivity index (χ3v) is 7.47. The van der Waals surface area contributed by atoms with Gasteiger partial charge in [-0.25, -0.2) is 14.6 Å². The Morgan fingerprint density at radius 3 is 2.86 bits per heavy atom. The summed E-state index contributed by atoms with van der Waals surface area (Å²) < 4.78 is 1.60. The fraction of sp³-hybridized carbons (Fsp3) is 0.375. The lowest BCUT2D eigenvalue weighted by Crippen LogP contribution is -2.48. The molecule has 1 aromatic carbocycles. The van der Waals surface area contributed by atoms with E-state index < -0.39 is 11.9 Å². The smallest absolute Gasteiger partial charge is 0.291 e. The number of amides is 2. The van der Waals surface area contributed by atoms with Gasteiger partial charge in [-0.15, -0.1) is 16.9 Å². The summed E-state index contributed by atoms with van der Waals surface area (Å²) in [5, 5.41) is 16.5. The first-order chi connectivity index (χ1) is 17.0. The number of nitrogens with zero attached hydrogens (tertiary/aromatic N) is 6. The molecule has 4 heterocycles. The van der Waals surface area contributed by atoms with Gasteiger partial charge in [0.15, 0.2) is 0 Å². The summed E-state index contributed by atoms with van der Waals surface area (Å²) in [4.78, 5) is 39.3. The molecule has 0 radical (unpaired) electrons. The zero-order chi connectivity index (χ0) is 24.4. The maximum Gasteiger partial charge on any atom is 0.291 e. The number of carbonyl (C=O) groups is 2. The van der Waals surface area contributed by atoms with Gasteiger partial charge in [0.05, 0.1) is 18.4 Å². The average Bonchev–Trinajstić information content (AvgIpc) is 3.54. The van der Waals surface area contributed by atoms with Crippen molar-refractivity contribution in [3.8, 4) is 0 Å². The van der Waals surface area contributed by atoms with Crippen LogP contribution in [0.25, 0.3) is 0 Å². The molecular weight excluding hydrogens is 466 g/mol. The highest BCUT2D eigenvalue weighted by Gasteiger charge is 2.32. The van der Waals surface area contributed by atoms with E-state index in [0.29, 0.717) is 18.0 Å². The Morgan fingerprint density at radius 2 is 2.09 bits per heavy atom. The second-order valence-corrected chi connectivity index (χ2v) is 9.84. The van der Waals surface area contributed by atoms with Crippen LogP contribution in [-0.2, 0) is 11.3 Å². The summed E-state index contributed by atoms with van der Waals surface area (Å²) in [6.45, 7) is 2.29. The highest BCUT2D eigenvalue weighted by Crippen LogP contribution is 2.36. The van der Waals surface area contributed by atoms with Gasteiger partial charge in [0, 0.05) is 43.3 Å². The minimum atomic E-state index is -0.722. The summed E-state index contributed by atoms with van der Waals surface area (Å²) in [6.07, 6.45) is 4.16. The van der Waals surface area contributed by atoms with Crippen LogP contribution in [0.2, 0.25) is 0 Å². The first-order valence-electron chi connectivity index (χ1n) is 11.5. The third kappa shape index (κ3) is 5.01. The first-order valence-corrected chi connectivity index (χ1v) is 12.5. The Morgan fingerprint density at radius 1 is 1.26 bits per heavy atom. The minimum absolute atomic E-state index is 0.0274. The van der Waals surface area contributed by atoms with E-state index in [1.807, 2.05) is 36.4 Å². The van der Waals surface area contributed by atoms with E-state index in [4.69, 9.17) is 0 Å². The monoisotopic (exact) mass is 493 g/mol. The number of benzene rings is 1. The van der Waals surface area contributed by atoms with Crippen LogP contribution < -0.4 is 15.1 Å². The molecule has 2 atom stereocenters. The van der Waals surface area contributed by atoms with E-state index >= 15 is 0 Å². The lowest BCUT2D eigenvalue weighted by atomic mass is 10.1. The molecule has 1 saturated heterocycles. The molecule has 2 N–H and O–H groups in total. The Kier molecular flexibility index (Phi) is 6.69. The van der Waals surface area contributed by atoms with E-state index in [0.717, 1.165) is 35.8 Å². The number of aliphatic hydroxyl groups excluding tert-OH is 1. The summed E-state index contributed by atoms with van der Waals surface area (Å²) in [5.74, 6) is 0.806. The van der Waals surface area contributed by atoms with Gasteiger partial charge < -0.3 is 20.2 Å². The van der Waals surface area contributed by atoms with Gasteiger partial charge in [-0.2, -0.15) is 0 Å². The lowest BCUT2D eigenvalue weighted by molar-refractivity contribution is -0.119. The number of aliphatic hydroxyl groups is 1. The van der Waals surface area contributed by atoms with Crippen molar-refractivity contribution in [3.63, 3.8) is 0 Å². The molecule has 0 bridgehead atoms. The van der Waals surface area contributed by atoms with Crippen molar-refractivity contribution in [1.29, 1.82) is 0 Å². The van der Waals surface area contributed by atoms with Crippen molar-refractivity contribution in [2.45, 2.75) is 23.9 Å². The normalized spacial score (nSPS) is 20.0. The molecule has 5 rings (SSSR count). The lowest BCUT2D eigenvalue weighted by Gasteiger charge is -2.22. The summed E-state index contributed by atoms with van der Waals surface area (Å²) >= 11 is 1.51. The third-order valence-electron chi connectivity index (χ3n) is 6.33. The second-order valence-electron chi connectivity index (χ2n) is 8.78. The van der Waals surface area contributed by atoms with Crippen LogP contribution in [0, 0.1) is 5.92 Å². The van der Waals surface area contributed by atoms with Crippen molar-refractivity contribution in [3.05, 3.63) is 60.3 Å². The summed E-state index contributed by atoms with van der Waals surface area (Å²) in [6, 6.07) is 11.0. The van der Waals surface area contributed by atoms with Crippen LogP contribution in [-0.4, -0.2) is 75.2 Å². The average molecular weight is 494 g/mol. The molecule has 182 valence electrons. The molecular formula is C24H27N7O3S. The van der Waals surface area contributed by atoms with E-state index in [-0.39, 0.29) is 24.3 Å². The molecule has 0 spiro atoms. The van der Waals surface area contributed by atoms with Crippen molar-refractivity contribution < 1.29 is 14.7 Å². The van der Waals surface area contributed by atoms with Gasteiger partial charge in [0.25, 0.3) is 5.91 Å². The molecule has 0 unspecified atom stereocenters. The van der Waals surface area contributed by atoms with Gasteiger partial charge in [0.2, 0.25) is 11.7 Å². The summed E-state index contributed by atoms with van der Waals surface area (Å²) in [7, 11) is 1.69. The van der Waals surface area contributed by atoms with E-state index in [2.05, 4.69) is 25.3 Å². The number of fused-ring (bicyclic) bond motifs is 1. The molecule has 3 aromatic rings. The number of likely N-dealkylation sites (N-methyl/N-ethyl adjacent to an activating group) is 1. The zero-order valence-electron chi connectivity index (χ0n) is 19.4. The van der Waals surface area contributed by atoms with Gasteiger partial charge in [-0.3, -0.25) is 9.59 Å². The van der Waals surface area contributed by atoms with Crippen LogP contribution >= 0.6 is 11.8 Å². The molecule has 2 aliphatic heterocycles. The van der Waals surface area contributed by atoms with Crippen LogP contribution in [0.15, 0.2) is 53.8 Å². The van der Waals surface area contributed by atoms with Crippen molar-refractivity contribution >= 4 is 35.1 Å². The van der Waals surface area contributed by atoms with Crippen molar-refractivity contribution in [2.24, 2.45) is 5.92 Å². The van der Waals surface area contributed by atoms with Gasteiger partial charge in [-0.1, -0.05) is 30.3 Å². The van der Waals surface area contributed by atoms with E-state index in [1.165, 1.54) is 18.1 Å². The molecule has 2 amide bonds. The summed E-state index contributed by atoms with van der Waals surface area (Å²) in [5.41, 5.74) is 1.76. The number of nitrogens with one attached hydrogen (secondary N) is 1. The van der Waals surface area contributed by atoms with Crippen LogP contribution in [0.5, 0.6) is 0 Å². The largest absolute Gasteiger partial charge is 0.396 e. The fourth-order valence-corrected chi connectivity index (χ4v) is 5.42. The van der Waals surface area contributed by atoms with Gasteiger partial charge >= 0.3 is 0 Å². The molecule has 2 aromatic heterocycles. The van der Waals surface area contributed by atoms with Gasteiger partial charge in [0.1, 0.15) is 18.2 Å². The number of rotatable bonds is 6. The Balaban J connectivity index is 1.26. The number of thioether (sulfide) groups is 1. The second kappa shape index (κ2) is 10.0. The maximum absolute atomic E-state index is 13.1. The standard InChI is InChI=1S/C24H27N7O3S/c1-29-19-10-25-21(30-8-7-17(11-30)13-32)9-20(19)35-14-18(24(29)34)27-23(33)22-26-15-31(28-22)12-16-5-3-2-4-6-16/h2-6,9-10,15,17-18,32H,7-8,11-14H2,1H3,(H,27,33)/t17-,18-/m0/s1. The quantitative estimate of drug-likeness (QED) is 0.530. The Hall–Kier alpha value is -3.44. The number of hydrogen-bond acceptors (Lipinski definition) is 8. The fourth-order valence-electron chi connectivity index (χ4n) is 4.32. The molecule has 0 saturated carbocycles. The molecule has 2 aliphatic rings. The number of aromatic nitrogens is 4. The highest BCUT2D eigenvalue weighted by molar-refractivity contribution is 7.99. The van der Waals surface area contributed by atoms with Crippen LogP contribution in [0.3, 0.4) is 0 Å². The van der Waals surface area contributed by atoms with E-state index in [1.54, 1.807) is 22.8 Å². The number of carbonyl (C=O) groups excluding carboxylic acids is 2. The minimum Gasteiger partial charge on any atom is -0.396 e. The number of hydrogen-bond donors (Lipinski definition) is 2. The first kappa shape index (κ1) is 23.3. The molecule has 10 nitrogen and oxygen atoms in total. The Bertz CT molecular complexity index is 1220. The van der Waals surface area contributed by atoms with Crippen molar-refractivity contribution in [2.75, 3.05) is 42.3 Å². The molecule has 1 fully saturated rings. The van der Waals surface area contributed by atoms with Gasteiger partial charge in [-0.05, 0) is 18.1 Å². The molecule has 35 heavy (non-hydrogen) atoms. The van der Waals surface area contributed by atoms with Crippen LogP contribution in [0.1, 0.15) is 22.6 Å². The molecule has 11 heteroatoms. The van der Waals surface area contributed by atoms with Crippen LogP contribution in [0.4, 0.5) is 11.5 Å². The number of pyridine rings is 1. The Labute approximate surface area is 207 Å². The topological polar surface area (TPSA) is 116 Å². The SMILES string of the molecule is CN1C(=O)[C@@H](NC(=O)c2ncn(Cc3ccccc3)n2)CSc2cc(N3CC[C@H](CO)C3)ncc21. The van der Waals surface area contributed by atoms with E-state index in [9.17, 15) is 14.7 Å². The maximum atomic E-state index is 13.1. The predicted molar refractivity (Wildman–Crippen MR) is 133 cm³/mol. The number of anilines is 2. The predicted octanol–water partition coefficient (Wildman–Crippen LogP) is 1.41.